The number of amides is 1. The normalized spacial score (nSPS) is 12.2. The molecule has 1 amide bonds. The lowest BCUT2D eigenvalue weighted by Crippen LogP contribution is -2.26. The molecule has 0 saturated carbocycles. The Morgan fingerprint density at radius 1 is 1.50 bits per heavy atom. The molecule has 1 aromatic rings. The molecule has 0 aliphatic heterocycles. The van der Waals surface area contributed by atoms with Crippen LogP contribution in [0.15, 0.2) is 22.7 Å². The van der Waals surface area contributed by atoms with Crippen LogP contribution >= 0.6 is 43.5 Å². The summed E-state index contributed by atoms with van der Waals surface area (Å²) in [6.45, 7) is 1.21. The maximum atomic E-state index is 11.9. The van der Waals surface area contributed by atoms with Crippen molar-refractivity contribution in [3.63, 3.8) is 0 Å². The van der Waals surface area contributed by atoms with Crippen LogP contribution in [0, 0.1) is 0 Å². The van der Waals surface area contributed by atoms with Gasteiger partial charge in [0.1, 0.15) is 0 Å². The molecular weight excluding hydrogens is 385 g/mol. The van der Waals surface area contributed by atoms with Crippen molar-refractivity contribution < 1.29 is 9.53 Å². The zero-order valence-electron chi connectivity index (χ0n) is 9.88. The molecule has 3 nitrogen and oxygen atoms in total. The van der Waals surface area contributed by atoms with E-state index < -0.39 is 0 Å². The zero-order valence-corrected chi connectivity index (χ0v) is 13.8. The quantitative estimate of drug-likeness (QED) is 0.742. The van der Waals surface area contributed by atoms with Crippen LogP contribution in [0.2, 0.25) is 5.02 Å². The van der Waals surface area contributed by atoms with Gasteiger partial charge in [0.05, 0.1) is 6.61 Å². The third kappa shape index (κ3) is 5.69. The molecule has 0 spiro atoms. The minimum absolute atomic E-state index is 0.129. The van der Waals surface area contributed by atoms with E-state index in [1.807, 2.05) is 0 Å². The van der Waals surface area contributed by atoms with Gasteiger partial charge in [0, 0.05) is 33.5 Å². The van der Waals surface area contributed by atoms with Crippen molar-refractivity contribution in [2.24, 2.45) is 0 Å². The first-order chi connectivity index (χ1) is 8.52. The molecule has 0 aliphatic rings. The monoisotopic (exact) mass is 397 g/mol. The SMILES string of the molecule is COCC(Br)CCNC(=O)c1cc(Cl)cc(Br)c1. The molecule has 0 heterocycles. The Labute approximate surface area is 128 Å². The second-order valence-electron chi connectivity index (χ2n) is 3.76. The van der Waals surface area contributed by atoms with Gasteiger partial charge in [-0.2, -0.15) is 0 Å². The average Bonchev–Trinajstić information content (AvgIpc) is 2.27. The molecule has 1 aromatic carbocycles. The number of hydrogen-bond donors (Lipinski definition) is 1. The molecule has 0 saturated heterocycles. The molecule has 1 unspecified atom stereocenters. The number of benzene rings is 1. The number of halogens is 3. The summed E-state index contributed by atoms with van der Waals surface area (Å²) in [5.41, 5.74) is 0.548. The highest BCUT2D eigenvalue weighted by atomic mass is 79.9. The predicted octanol–water partition coefficient (Wildman–Crippen LogP) is 3.63. The van der Waals surface area contributed by atoms with Crippen LogP contribution in [-0.4, -0.2) is 31.0 Å². The van der Waals surface area contributed by atoms with Gasteiger partial charge < -0.3 is 10.1 Å². The van der Waals surface area contributed by atoms with Crippen molar-refractivity contribution in [3.8, 4) is 0 Å². The van der Waals surface area contributed by atoms with Crippen LogP contribution in [0.5, 0.6) is 0 Å². The minimum Gasteiger partial charge on any atom is -0.384 e. The van der Waals surface area contributed by atoms with Crippen molar-refractivity contribution in [2.75, 3.05) is 20.3 Å². The second-order valence-corrected chi connectivity index (χ2v) is 6.40. The molecule has 1 N–H and O–H groups in total. The fourth-order valence-corrected chi connectivity index (χ4v) is 2.75. The van der Waals surface area contributed by atoms with E-state index in [0.717, 1.165) is 10.9 Å². The lowest BCUT2D eigenvalue weighted by atomic mass is 10.2. The van der Waals surface area contributed by atoms with Crippen molar-refractivity contribution in [1.29, 1.82) is 0 Å². The molecule has 0 fully saturated rings. The highest BCUT2D eigenvalue weighted by Gasteiger charge is 2.08. The maximum absolute atomic E-state index is 11.9. The van der Waals surface area contributed by atoms with Gasteiger partial charge in [0.15, 0.2) is 0 Å². The third-order valence-electron chi connectivity index (χ3n) is 2.22. The van der Waals surface area contributed by atoms with Gasteiger partial charge in [-0.1, -0.05) is 43.5 Å². The molecule has 6 heteroatoms. The largest absolute Gasteiger partial charge is 0.384 e. The molecule has 18 heavy (non-hydrogen) atoms. The summed E-state index contributed by atoms with van der Waals surface area (Å²) in [6, 6.07) is 5.12. The molecule has 0 bridgehead atoms. The Hall–Kier alpha value is -0.100. The van der Waals surface area contributed by atoms with E-state index in [1.54, 1.807) is 25.3 Å². The van der Waals surface area contributed by atoms with Crippen LogP contribution in [0.4, 0.5) is 0 Å². The highest BCUT2D eigenvalue weighted by molar-refractivity contribution is 9.10. The van der Waals surface area contributed by atoms with Gasteiger partial charge in [0.2, 0.25) is 0 Å². The van der Waals surface area contributed by atoms with Gasteiger partial charge in [-0.3, -0.25) is 4.79 Å². The fraction of sp³-hybridized carbons (Fsp3) is 0.417. The number of nitrogens with one attached hydrogen (secondary N) is 1. The number of methoxy groups -OCH3 is 1. The summed E-state index contributed by atoms with van der Waals surface area (Å²) in [6.07, 6.45) is 0.807. The lowest BCUT2D eigenvalue weighted by molar-refractivity contribution is 0.0952. The Kier molecular flexibility index (Phi) is 7.22. The topological polar surface area (TPSA) is 38.3 Å². The fourth-order valence-electron chi connectivity index (χ4n) is 1.39. The molecule has 0 aromatic heterocycles. The van der Waals surface area contributed by atoms with Gasteiger partial charge in [-0.15, -0.1) is 0 Å². The average molecular weight is 400 g/mol. The van der Waals surface area contributed by atoms with E-state index in [4.69, 9.17) is 16.3 Å². The van der Waals surface area contributed by atoms with E-state index in [2.05, 4.69) is 37.2 Å². The van der Waals surface area contributed by atoms with E-state index in [-0.39, 0.29) is 10.7 Å². The Bertz CT molecular complexity index is 395. The number of carbonyl (C=O) groups excluding carboxylic acids is 1. The van der Waals surface area contributed by atoms with E-state index >= 15 is 0 Å². The van der Waals surface area contributed by atoms with Crippen molar-refractivity contribution >= 4 is 49.4 Å². The minimum atomic E-state index is -0.129. The summed E-state index contributed by atoms with van der Waals surface area (Å²) < 4.78 is 5.78. The van der Waals surface area contributed by atoms with E-state index in [1.165, 1.54) is 0 Å². The first-order valence-electron chi connectivity index (χ1n) is 5.40. The molecule has 1 rings (SSSR count). The first kappa shape index (κ1) is 16.0. The number of ether oxygens (including phenoxy) is 1. The van der Waals surface area contributed by atoms with E-state index in [0.29, 0.717) is 23.7 Å². The van der Waals surface area contributed by atoms with Crippen molar-refractivity contribution in [2.45, 2.75) is 11.2 Å². The van der Waals surface area contributed by atoms with Gasteiger partial charge in [-0.25, -0.2) is 0 Å². The zero-order chi connectivity index (χ0) is 13.5. The molecule has 100 valence electrons. The summed E-state index contributed by atoms with van der Waals surface area (Å²) >= 11 is 12.7. The molecule has 0 aliphatic carbocycles. The second kappa shape index (κ2) is 8.15. The number of hydrogen-bond acceptors (Lipinski definition) is 2. The van der Waals surface area contributed by atoms with E-state index in [9.17, 15) is 4.79 Å². The van der Waals surface area contributed by atoms with Crippen LogP contribution in [0.3, 0.4) is 0 Å². The third-order valence-corrected chi connectivity index (χ3v) is 3.61. The Morgan fingerprint density at radius 3 is 2.83 bits per heavy atom. The number of carbonyl (C=O) groups is 1. The molecular formula is C12H14Br2ClNO2. The number of rotatable bonds is 6. The summed E-state index contributed by atoms with van der Waals surface area (Å²) in [5, 5.41) is 3.37. The predicted molar refractivity (Wildman–Crippen MR) is 80.7 cm³/mol. The first-order valence-corrected chi connectivity index (χ1v) is 7.49. The van der Waals surface area contributed by atoms with Crippen molar-refractivity contribution in [3.05, 3.63) is 33.3 Å². The van der Waals surface area contributed by atoms with Crippen LogP contribution < -0.4 is 5.32 Å². The summed E-state index contributed by atoms with van der Waals surface area (Å²) in [4.78, 5) is 12.1. The van der Waals surface area contributed by atoms with Gasteiger partial charge in [-0.05, 0) is 24.6 Å². The molecule has 1 atom stereocenters. The number of alkyl halides is 1. The smallest absolute Gasteiger partial charge is 0.251 e. The van der Waals surface area contributed by atoms with Crippen LogP contribution in [0.25, 0.3) is 0 Å². The standard InChI is InChI=1S/C12H14Br2ClNO2/c1-18-7-9(13)2-3-16-12(17)8-4-10(14)6-11(15)5-8/h4-6,9H,2-3,7H2,1H3,(H,16,17). The maximum Gasteiger partial charge on any atom is 0.251 e. The Morgan fingerprint density at radius 2 is 2.22 bits per heavy atom. The highest BCUT2D eigenvalue weighted by Crippen LogP contribution is 2.19. The summed E-state index contributed by atoms with van der Waals surface area (Å²) in [5.74, 6) is -0.129. The Balaban J connectivity index is 2.45. The summed E-state index contributed by atoms with van der Waals surface area (Å²) in [7, 11) is 1.65. The lowest BCUT2D eigenvalue weighted by Gasteiger charge is -2.10. The van der Waals surface area contributed by atoms with Crippen molar-refractivity contribution in [1.82, 2.24) is 5.32 Å². The van der Waals surface area contributed by atoms with Gasteiger partial charge >= 0.3 is 0 Å². The van der Waals surface area contributed by atoms with Gasteiger partial charge in [0.25, 0.3) is 5.91 Å². The molecule has 0 radical (unpaired) electrons. The van der Waals surface area contributed by atoms with Crippen LogP contribution in [0.1, 0.15) is 16.8 Å². The van der Waals surface area contributed by atoms with Crippen LogP contribution in [-0.2, 0) is 4.74 Å².